The average Bonchev–Trinajstić information content (AvgIpc) is 3.44. The molecule has 4 nitrogen and oxygen atoms in total. The number of ether oxygens (including phenoxy) is 1. The van der Waals surface area contributed by atoms with E-state index in [0.717, 1.165) is 37.4 Å². The molecule has 27 heavy (non-hydrogen) atoms. The molecule has 1 amide bonds. The van der Waals surface area contributed by atoms with Gasteiger partial charge in [-0.1, -0.05) is 32.0 Å². The van der Waals surface area contributed by atoms with Gasteiger partial charge >= 0.3 is 0 Å². The summed E-state index contributed by atoms with van der Waals surface area (Å²) in [4.78, 5) is 17.7. The summed E-state index contributed by atoms with van der Waals surface area (Å²) in [7, 11) is 0. The molecule has 148 valence electrons. The van der Waals surface area contributed by atoms with E-state index in [-0.39, 0.29) is 17.6 Å². The van der Waals surface area contributed by atoms with E-state index in [2.05, 4.69) is 23.6 Å². The summed E-state index contributed by atoms with van der Waals surface area (Å²) in [6.07, 6.45) is 6.11. The second-order valence-electron chi connectivity index (χ2n) is 9.25. The fraction of sp³-hybridized carbons (Fsp3) is 0.696. The number of amides is 1. The van der Waals surface area contributed by atoms with E-state index in [0.29, 0.717) is 5.92 Å². The maximum atomic E-state index is 13.0. The van der Waals surface area contributed by atoms with Crippen molar-refractivity contribution in [1.29, 1.82) is 0 Å². The highest BCUT2D eigenvalue weighted by Gasteiger charge is 2.52. The molecular formula is C23H34N2O2. The molecule has 2 saturated heterocycles. The summed E-state index contributed by atoms with van der Waals surface area (Å²) < 4.78 is 6.56. The van der Waals surface area contributed by atoms with Gasteiger partial charge in [0.1, 0.15) is 0 Å². The van der Waals surface area contributed by atoms with E-state index >= 15 is 0 Å². The number of morpholine rings is 1. The molecule has 1 spiro atoms. The van der Waals surface area contributed by atoms with Crippen molar-refractivity contribution in [2.45, 2.75) is 57.7 Å². The highest BCUT2D eigenvalue weighted by atomic mass is 16.5. The highest BCUT2D eigenvalue weighted by Crippen LogP contribution is 2.45. The Morgan fingerprint density at radius 2 is 1.89 bits per heavy atom. The van der Waals surface area contributed by atoms with Crippen molar-refractivity contribution in [2.24, 2.45) is 11.8 Å². The van der Waals surface area contributed by atoms with Crippen LogP contribution in [0.1, 0.15) is 56.3 Å². The Labute approximate surface area is 163 Å². The van der Waals surface area contributed by atoms with E-state index in [1.165, 1.54) is 38.9 Å². The topological polar surface area (TPSA) is 32.8 Å². The predicted octanol–water partition coefficient (Wildman–Crippen LogP) is 3.82. The summed E-state index contributed by atoms with van der Waals surface area (Å²) in [5.41, 5.74) is 0.764. The third-order valence-corrected chi connectivity index (χ3v) is 6.58. The van der Waals surface area contributed by atoms with Gasteiger partial charge in [-0.05, 0) is 75.7 Å². The summed E-state index contributed by atoms with van der Waals surface area (Å²) >= 11 is 0. The van der Waals surface area contributed by atoms with Crippen molar-refractivity contribution in [1.82, 2.24) is 9.80 Å². The lowest BCUT2D eigenvalue weighted by molar-refractivity contribution is -0.121. The zero-order valence-corrected chi connectivity index (χ0v) is 16.9. The molecule has 1 saturated carbocycles. The van der Waals surface area contributed by atoms with Crippen molar-refractivity contribution in [3.05, 3.63) is 35.9 Å². The van der Waals surface area contributed by atoms with Crippen molar-refractivity contribution >= 4 is 5.91 Å². The molecule has 3 aliphatic rings. The van der Waals surface area contributed by atoms with Gasteiger partial charge in [-0.15, -0.1) is 0 Å². The van der Waals surface area contributed by atoms with E-state index < -0.39 is 0 Å². The van der Waals surface area contributed by atoms with Crippen LogP contribution in [-0.4, -0.2) is 60.1 Å². The van der Waals surface area contributed by atoms with Crippen LogP contribution in [-0.2, 0) is 4.74 Å². The number of likely N-dealkylation sites (tertiary alicyclic amines) is 1. The minimum atomic E-state index is -0.0395. The van der Waals surface area contributed by atoms with Crippen LogP contribution in [0, 0.1) is 11.8 Å². The molecule has 2 heterocycles. The van der Waals surface area contributed by atoms with Crippen LogP contribution in [0.25, 0.3) is 0 Å². The van der Waals surface area contributed by atoms with Gasteiger partial charge < -0.3 is 14.5 Å². The molecule has 0 N–H and O–H groups in total. The average molecular weight is 371 g/mol. The molecule has 0 bridgehead atoms. The van der Waals surface area contributed by atoms with Gasteiger partial charge in [0.15, 0.2) is 0 Å². The number of nitrogens with zero attached hydrogens (tertiary/aromatic N) is 2. The van der Waals surface area contributed by atoms with Crippen molar-refractivity contribution in [2.75, 3.05) is 32.7 Å². The van der Waals surface area contributed by atoms with Gasteiger partial charge in [-0.2, -0.15) is 0 Å². The number of hydrogen-bond donors (Lipinski definition) is 0. The molecular weight excluding hydrogens is 336 g/mol. The predicted molar refractivity (Wildman–Crippen MR) is 108 cm³/mol. The molecule has 1 atom stereocenters. The van der Waals surface area contributed by atoms with E-state index in [1.807, 2.05) is 30.3 Å². The van der Waals surface area contributed by atoms with Crippen LogP contribution < -0.4 is 0 Å². The number of hydrogen-bond acceptors (Lipinski definition) is 3. The molecule has 1 aromatic carbocycles. The quantitative estimate of drug-likeness (QED) is 0.790. The SMILES string of the molecule is CC(C)CCN1CCC([C@@H]2CN(C(=O)c3ccccc3)CC3(CC3)O2)CC1. The first-order valence-corrected chi connectivity index (χ1v) is 10.8. The van der Waals surface area contributed by atoms with Crippen LogP contribution in [0.15, 0.2) is 30.3 Å². The number of carbonyl (C=O) groups excluding carboxylic acids is 1. The van der Waals surface area contributed by atoms with Gasteiger partial charge in [0, 0.05) is 12.1 Å². The lowest BCUT2D eigenvalue weighted by Crippen LogP contribution is -2.54. The monoisotopic (exact) mass is 370 g/mol. The molecule has 0 unspecified atom stereocenters. The molecule has 4 rings (SSSR count). The first kappa shape index (κ1) is 18.9. The number of piperidine rings is 1. The highest BCUT2D eigenvalue weighted by molar-refractivity contribution is 5.94. The Balaban J connectivity index is 1.37. The summed E-state index contributed by atoms with van der Waals surface area (Å²) in [5.74, 6) is 1.53. The fourth-order valence-corrected chi connectivity index (χ4v) is 4.59. The second kappa shape index (κ2) is 7.92. The van der Waals surface area contributed by atoms with Gasteiger partial charge in [-0.25, -0.2) is 0 Å². The molecule has 1 aliphatic carbocycles. The minimum absolute atomic E-state index is 0.0395. The zero-order valence-electron chi connectivity index (χ0n) is 16.9. The molecule has 1 aromatic rings. The van der Waals surface area contributed by atoms with E-state index in [4.69, 9.17) is 4.74 Å². The number of rotatable bonds is 5. The van der Waals surface area contributed by atoms with Gasteiger partial charge in [-0.3, -0.25) is 4.79 Å². The molecule has 0 radical (unpaired) electrons. The normalized spacial score (nSPS) is 25.9. The second-order valence-corrected chi connectivity index (χ2v) is 9.25. The third-order valence-electron chi connectivity index (χ3n) is 6.58. The van der Waals surface area contributed by atoms with Crippen LogP contribution in [0.3, 0.4) is 0 Å². The largest absolute Gasteiger partial charge is 0.368 e. The summed E-state index contributed by atoms with van der Waals surface area (Å²) in [6.45, 7) is 9.70. The Morgan fingerprint density at radius 1 is 1.19 bits per heavy atom. The number of carbonyl (C=O) groups is 1. The lowest BCUT2D eigenvalue weighted by Gasteiger charge is -2.44. The zero-order chi connectivity index (χ0) is 18.9. The Bertz CT molecular complexity index is 633. The molecule has 4 heteroatoms. The smallest absolute Gasteiger partial charge is 0.254 e. The van der Waals surface area contributed by atoms with E-state index in [9.17, 15) is 4.79 Å². The standard InChI is InChI=1S/C23H34N2O2/c1-18(2)8-13-24-14-9-19(10-15-24)21-16-25(17-23(27-21)11-12-23)22(26)20-6-4-3-5-7-20/h3-7,18-19,21H,8-17H2,1-2H3/t21-/m0/s1. The lowest BCUT2D eigenvalue weighted by atomic mass is 9.89. The maximum absolute atomic E-state index is 13.0. The van der Waals surface area contributed by atoms with Crippen LogP contribution in [0.2, 0.25) is 0 Å². The Morgan fingerprint density at radius 3 is 2.52 bits per heavy atom. The van der Waals surface area contributed by atoms with Crippen LogP contribution in [0.5, 0.6) is 0 Å². The van der Waals surface area contributed by atoms with Gasteiger partial charge in [0.2, 0.25) is 0 Å². The summed E-state index contributed by atoms with van der Waals surface area (Å²) in [5, 5.41) is 0. The van der Waals surface area contributed by atoms with E-state index in [1.54, 1.807) is 0 Å². The molecule has 3 fully saturated rings. The molecule has 0 aromatic heterocycles. The Kier molecular flexibility index (Phi) is 5.56. The van der Waals surface area contributed by atoms with Crippen LogP contribution in [0.4, 0.5) is 0 Å². The van der Waals surface area contributed by atoms with Gasteiger partial charge in [0.25, 0.3) is 5.91 Å². The molecule has 2 aliphatic heterocycles. The maximum Gasteiger partial charge on any atom is 0.254 e. The number of benzene rings is 1. The van der Waals surface area contributed by atoms with Gasteiger partial charge in [0.05, 0.1) is 18.2 Å². The minimum Gasteiger partial charge on any atom is -0.368 e. The van der Waals surface area contributed by atoms with Crippen molar-refractivity contribution in [3.8, 4) is 0 Å². The first-order valence-electron chi connectivity index (χ1n) is 10.8. The Hall–Kier alpha value is -1.39. The summed E-state index contributed by atoms with van der Waals surface area (Å²) in [6, 6.07) is 9.73. The fourth-order valence-electron chi connectivity index (χ4n) is 4.59. The first-order chi connectivity index (χ1) is 13.0. The third kappa shape index (κ3) is 4.55. The van der Waals surface area contributed by atoms with Crippen LogP contribution >= 0.6 is 0 Å². The van der Waals surface area contributed by atoms with Crippen molar-refractivity contribution in [3.63, 3.8) is 0 Å². The van der Waals surface area contributed by atoms with Crippen molar-refractivity contribution < 1.29 is 9.53 Å².